The van der Waals surface area contributed by atoms with E-state index in [1.165, 1.54) is 18.9 Å². The Morgan fingerprint density at radius 3 is 2.69 bits per heavy atom. The molecule has 1 aromatic carbocycles. The van der Waals surface area contributed by atoms with Crippen molar-refractivity contribution in [3.63, 3.8) is 0 Å². The molecule has 1 atom stereocenters. The fourth-order valence-electron chi connectivity index (χ4n) is 5.24. The van der Waals surface area contributed by atoms with Gasteiger partial charge in [0.25, 0.3) is 0 Å². The maximum atomic E-state index is 14.0. The molecule has 1 aliphatic carbocycles. The van der Waals surface area contributed by atoms with E-state index in [9.17, 15) is 13.6 Å². The summed E-state index contributed by atoms with van der Waals surface area (Å²) in [5.74, 6) is -0.904. The van der Waals surface area contributed by atoms with Crippen LogP contribution in [0.4, 0.5) is 8.78 Å². The van der Waals surface area contributed by atoms with Crippen molar-refractivity contribution in [2.45, 2.75) is 51.5 Å². The van der Waals surface area contributed by atoms with Crippen molar-refractivity contribution < 1.29 is 13.6 Å². The number of rotatable bonds is 3. The third kappa shape index (κ3) is 3.51. The van der Waals surface area contributed by atoms with E-state index < -0.39 is 11.6 Å². The summed E-state index contributed by atoms with van der Waals surface area (Å²) < 4.78 is 27.5. The number of hydrogen-bond acceptors (Lipinski definition) is 2. The van der Waals surface area contributed by atoms with Crippen molar-refractivity contribution in [2.24, 2.45) is 11.3 Å². The molecule has 3 nitrogen and oxygen atoms in total. The van der Waals surface area contributed by atoms with Crippen molar-refractivity contribution in [1.82, 2.24) is 9.80 Å². The zero-order chi connectivity index (χ0) is 18.1. The lowest BCUT2D eigenvalue weighted by atomic mass is 9.79. The van der Waals surface area contributed by atoms with Gasteiger partial charge in [-0.15, -0.1) is 0 Å². The first-order valence-electron chi connectivity index (χ1n) is 10.0. The standard InChI is InChI=1S/C21H28F2N2O/c22-18-8-3-7-17(19(18)23)13-24-11-4-9-21(14-24)10-12-25(15-21)20(26)16-5-1-2-6-16/h3,7-8,16H,1-2,4-6,9-15H2. The molecule has 2 aliphatic heterocycles. The van der Waals surface area contributed by atoms with Crippen LogP contribution in [0, 0.1) is 23.0 Å². The Labute approximate surface area is 154 Å². The molecule has 5 heteroatoms. The minimum absolute atomic E-state index is 0.135. The van der Waals surface area contributed by atoms with Gasteiger partial charge in [0.1, 0.15) is 0 Å². The van der Waals surface area contributed by atoms with Crippen molar-refractivity contribution in [1.29, 1.82) is 0 Å². The van der Waals surface area contributed by atoms with Crippen LogP contribution in [0.2, 0.25) is 0 Å². The molecule has 1 spiro atoms. The Kier molecular flexibility index (Phi) is 5.00. The van der Waals surface area contributed by atoms with Gasteiger partial charge in [-0.25, -0.2) is 8.78 Å². The first-order chi connectivity index (χ1) is 12.6. The topological polar surface area (TPSA) is 23.6 Å². The van der Waals surface area contributed by atoms with Gasteiger partial charge in [-0.2, -0.15) is 0 Å². The second-order valence-electron chi connectivity index (χ2n) is 8.52. The van der Waals surface area contributed by atoms with Crippen LogP contribution >= 0.6 is 0 Å². The molecule has 1 saturated carbocycles. The average Bonchev–Trinajstić information content (AvgIpc) is 3.29. The van der Waals surface area contributed by atoms with E-state index in [2.05, 4.69) is 9.80 Å². The highest BCUT2D eigenvalue weighted by Gasteiger charge is 2.44. The molecule has 1 aromatic rings. The lowest BCUT2D eigenvalue weighted by molar-refractivity contribution is -0.134. The van der Waals surface area contributed by atoms with E-state index in [0.29, 0.717) is 18.0 Å². The van der Waals surface area contributed by atoms with E-state index >= 15 is 0 Å². The number of hydrogen-bond donors (Lipinski definition) is 0. The second kappa shape index (κ2) is 7.26. The third-order valence-electron chi connectivity index (χ3n) is 6.62. The largest absolute Gasteiger partial charge is 0.342 e. The van der Waals surface area contributed by atoms with E-state index in [0.717, 1.165) is 58.3 Å². The van der Waals surface area contributed by atoms with E-state index in [1.54, 1.807) is 12.1 Å². The minimum Gasteiger partial charge on any atom is -0.342 e. The Balaban J connectivity index is 1.40. The van der Waals surface area contributed by atoms with E-state index in [4.69, 9.17) is 0 Å². The molecule has 142 valence electrons. The van der Waals surface area contributed by atoms with E-state index in [-0.39, 0.29) is 11.3 Å². The fraction of sp³-hybridized carbons (Fsp3) is 0.667. The highest BCUT2D eigenvalue weighted by atomic mass is 19.2. The smallest absolute Gasteiger partial charge is 0.225 e. The highest BCUT2D eigenvalue weighted by Crippen LogP contribution is 2.40. The van der Waals surface area contributed by atoms with Crippen LogP contribution in [0.1, 0.15) is 50.5 Å². The fourth-order valence-corrected chi connectivity index (χ4v) is 5.24. The van der Waals surface area contributed by atoms with Gasteiger partial charge in [-0.3, -0.25) is 9.69 Å². The summed E-state index contributed by atoms with van der Waals surface area (Å²) in [7, 11) is 0. The summed E-state index contributed by atoms with van der Waals surface area (Å²) in [5.41, 5.74) is 0.565. The van der Waals surface area contributed by atoms with Gasteiger partial charge in [0.05, 0.1) is 0 Å². The summed E-state index contributed by atoms with van der Waals surface area (Å²) in [5, 5.41) is 0. The first-order valence-corrected chi connectivity index (χ1v) is 10.0. The third-order valence-corrected chi connectivity index (χ3v) is 6.62. The zero-order valence-corrected chi connectivity index (χ0v) is 15.4. The van der Waals surface area contributed by atoms with Crippen LogP contribution in [-0.2, 0) is 11.3 Å². The van der Waals surface area contributed by atoms with Gasteiger partial charge < -0.3 is 4.90 Å². The van der Waals surface area contributed by atoms with Crippen molar-refractivity contribution in [2.75, 3.05) is 26.2 Å². The molecule has 3 aliphatic rings. The van der Waals surface area contributed by atoms with Gasteiger partial charge in [0, 0.05) is 43.1 Å². The van der Waals surface area contributed by atoms with Crippen LogP contribution in [0.15, 0.2) is 18.2 Å². The zero-order valence-electron chi connectivity index (χ0n) is 15.4. The normalized spacial score (nSPS) is 27.5. The second-order valence-corrected chi connectivity index (χ2v) is 8.52. The molecule has 26 heavy (non-hydrogen) atoms. The molecular weight excluding hydrogens is 334 g/mol. The molecule has 0 bridgehead atoms. The van der Waals surface area contributed by atoms with Gasteiger partial charge in [0.2, 0.25) is 5.91 Å². The van der Waals surface area contributed by atoms with Gasteiger partial charge in [-0.05, 0) is 44.7 Å². The molecule has 3 fully saturated rings. The molecule has 4 rings (SSSR count). The summed E-state index contributed by atoms with van der Waals surface area (Å²) in [6.07, 6.45) is 7.69. The van der Waals surface area contributed by atoms with Gasteiger partial charge in [0.15, 0.2) is 11.6 Å². The Morgan fingerprint density at radius 1 is 1.08 bits per heavy atom. The van der Waals surface area contributed by atoms with Crippen molar-refractivity contribution in [3.05, 3.63) is 35.4 Å². The maximum Gasteiger partial charge on any atom is 0.225 e. The quantitative estimate of drug-likeness (QED) is 0.812. The molecule has 0 radical (unpaired) electrons. The Bertz CT molecular complexity index is 674. The molecule has 1 unspecified atom stereocenters. The van der Waals surface area contributed by atoms with Crippen LogP contribution in [0.5, 0.6) is 0 Å². The Hall–Kier alpha value is -1.49. The van der Waals surface area contributed by atoms with Crippen LogP contribution < -0.4 is 0 Å². The average molecular weight is 362 g/mol. The predicted molar refractivity (Wildman–Crippen MR) is 96.5 cm³/mol. The number of carbonyl (C=O) groups is 1. The number of amides is 1. The molecule has 2 saturated heterocycles. The van der Waals surface area contributed by atoms with Gasteiger partial charge >= 0.3 is 0 Å². The van der Waals surface area contributed by atoms with Crippen LogP contribution in [0.3, 0.4) is 0 Å². The summed E-state index contributed by atoms with van der Waals surface area (Å²) in [6.45, 7) is 3.93. The molecule has 0 N–H and O–H groups in total. The van der Waals surface area contributed by atoms with Crippen molar-refractivity contribution >= 4 is 5.91 Å². The van der Waals surface area contributed by atoms with E-state index in [1.807, 2.05) is 0 Å². The SMILES string of the molecule is O=C(C1CCCC1)N1CCC2(CCCN(Cc3cccc(F)c3F)C2)C1. The molecule has 0 aromatic heterocycles. The number of halogens is 2. The summed E-state index contributed by atoms with van der Waals surface area (Å²) in [6, 6.07) is 4.41. The number of likely N-dealkylation sites (tertiary alicyclic amines) is 2. The summed E-state index contributed by atoms with van der Waals surface area (Å²) in [4.78, 5) is 17.1. The number of nitrogens with zero attached hydrogens (tertiary/aromatic N) is 2. The first kappa shape index (κ1) is 17.9. The van der Waals surface area contributed by atoms with Crippen molar-refractivity contribution in [3.8, 4) is 0 Å². The number of piperidine rings is 1. The lowest BCUT2D eigenvalue weighted by Crippen LogP contribution is -2.45. The summed E-state index contributed by atoms with van der Waals surface area (Å²) >= 11 is 0. The number of carbonyl (C=O) groups excluding carboxylic acids is 1. The number of benzene rings is 1. The lowest BCUT2D eigenvalue weighted by Gasteiger charge is -2.40. The monoisotopic (exact) mass is 362 g/mol. The molecule has 2 heterocycles. The maximum absolute atomic E-state index is 14.0. The molecular formula is C21H28F2N2O. The molecule has 1 amide bonds. The minimum atomic E-state index is -0.775. The van der Waals surface area contributed by atoms with Crippen LogP contribution in [0.25, 0.3) is 0 Å². The predicted octanol–water partition coefficient (Wildman–Crippen LogP) is 3.97. The highest BCUT2D eigenvalue weighted by molar-refractivity contribution is 5.79. The van der Waals surface area contributed by atoms with Gasteiger partial charge in [-0.1, -0.05) is 25.0 Å². The Morgan fingerprint density at radius 2 is 1.88 bits per heavy atom. The van der Waals surface area contributed by atoms with Crippen LogP contribution in [-0.4, -0.2) is 41.9 Å².